The molecule has 1 unspecified atom stereocenters. The van der Waals surface area contributed by atoms with E-state index >= 15 is 0 Å². The summed E-state index contributed by atoms with van der Waals surface area (Å²) in [5.74, 6) is 0.495. The first kappa shape index (κ1) is 29.1. The van der Waals surface area contributed by atoms with Gasteiger partial charge in [-0.25, -0.2) is 0 Å². The molecule has 0 spiro atoms. The highest BCUT2D eigenvalue weighted by atomic mass is 16.5. The average Bonchev–Trinajstić information content (AvgIpc) is 3.58. The molecule has 2 fully saturated rings. The van der Waals surface area contributed by atoms with Gasteiger partial charge < -0.3 is 14.6 Å². The van der Waals surface area contributed by atoms with Crippen LogP contribution in [0.25, 0.3) is 0 Å². The van der Waals surface area contributed by atoms with Crippen molar-refractivity contribution in [1.82, 2.24) is 9.80 Å². The number of aliphatic carboxylic acids is 1. The fraction of sp³-hybridized carbons (Fsp3) is 0.545. The number of nitrogens with zero attached hydrogens (tertiary/aromatic N) is 2. The van der Waals surface area contributed by atoms with E-state index in [1.165, 1.54) is 34.4 Å². The van der Waals surface area contributed by atoms with Crippen LogP contribution in [-0.2, 0) is 33.8 Å². The minimum Gasteiger partial charge on any atom is -0.493 e. The van der Waals surface area contributed by atoms with Gasteiger partial charge in [0.25, 0.3) is 0 Å². The van der Waals surface area contributed by atoms with Crippen molar-refractivity contribution in [2.45, 2.75) is 77.3 Å². The van der Waals surface area contributed by atoms with Crippen LogP contribution in [0.5, 0.6) is 11.5 Å². The Labute approximate surface area is 242 Å². The number of carboxylic acid groups (broad SMARTS) is 1. The van der Waals surface area contributed by atoms with E-state index in [-0.39, 0.29) is 49.8 Å². The third-order valence-electron chi connectivity index (χ3n) is 9.18. The molecule has 3 aliphatic rings. The van der Waals surface area contributed by atoms with Crippen LogP contribution < -0.4 is 9.47 Å². The number of carboxylic acids is 1. The maximum atomic E-state index is 11.9. The van der Waals surface area contributed by atoms with E-state index in [0.29, 0.717) is 17.4 Å². The summed E-state index contributed by atoms with van der Waals surface area (Å²) in [6.45, 7) is 4.36. The van der Waals surface area contributed by atoms with Crippen LogP contribution in [0.1, 0.15) is 80.2 Å². The lowest BCUT2D eigenvalue weighted by atomic mass is 9.81. The minimum atomic E-state index is -0.667. The van der Waals surface area contributed by atoms with Gasteiger partial charge in [-0.2, -0.15) is 0 Å². The predicted octanol–water partition coefficient (Wildman–Crippen LogP) is 5.17. The molecular formula is C33H42N2O6. The lowest BCUT2D eigenvalue weighted by molar-refractivity contribution is -0.143. The molecule has 2 aromatic rings. The number of fused-ring (bicyclic) bond motifs is 1. The predicted molar refractivity (Wildman–Crippen MR) is 155 cm³/mol. The maximum Gasteiger partial charge on any atom is 0.306 e. The fourth-order valence-electron chi connectivity index (χ4n) is 6.63. The molecule has 1 saturated carbocycles. The van der Waals surface area contributed by atoms with E-state index in [0.717, 1.165) is 50.8 Å². The molecule has 1 atom stereocenters. The van der Waals surface area contributed by atoms with Crippen molar-refractivity contribution >= 4 is 17.8 Å². The van der Waals surface area contributed by atoms with Gasteiger partial charge in [0.1, 0.15) is 6.61 Å². The number of ether oxygens (including phenoxy) is 2. The smallest absolute Gasteiger partial charge is 0.306 e. The topological polar surface area (TPSA) is 96.4 Å². The van der Waals surface area contributed by atoms with Gasteiger partial charge in [0.05, 0.1) is 19.6 Å². The van der Waals surface area contributed by atoms with E-state index in [4.69, 9.17) is 9.47 Å². The molecule has 2 aromatic carbocycles. The number of methoxy groups -OCH3 is 1. The summed E-state index contributed by atoms with van der Waals surface area (Å²) >= 11 is 0. The number of rotatable bonds is 12. The van der Waals surface area contributed by atoms with Gasteiger partial charge in [0.2, 0.25) is 11.8 Å². The van der Waals surface area contributed by atoms with Crippen LogP contribution in [0.2, 0.25) is 0 Å². The molecule has 1 heterocycles. The van der Waals surface area contributed by atoms with Crippen molar-refractivity contribution in [2.75, 3.05) is 26.8 Å². The molecule has 2 aliphatic carbocycles. The number of amides is 2. The van der Waals surface area contributed by atoms with Gasteiger partial charge in [-0.15, -0.1) is 0 Å². The van der Waals surface area contributed by atoms with Gasteiger partial charge in [-0.3, -0.25) is 24.2 Å². The standard InChI is InChI=1S/C33H42N2O6/c1-22(27-12-11-25-4-3-5-28(25)19-27)34(20-23-6-9-26(10-7-23)33(38)39)21-24-8-13-29(30(18-24)40-2)41-17-16-35-31(36)14-15-32(35)37/h8,11-13,18-19,22-23,26H,3-7,9-10,14-17,20-21H2,1-2H3,(H,38,39)/t22?,23-,26-. The van der Waals surface area contributed by atoms with Crippen LogP contribution in [0.15, 0.2) is 36.4 Å². The van der Waals surface area contributed by atoms with Crippen molar-refractivity contribution in [3.63, 3.8) is 0 Å². The Kier molecular flexibility index (Phi) is 9.28. The van der Waals surface area contributed by atoms with E-state index < -0.39 is 5.97 Å². The van der Waals surface area contributed by atoms with Gasteiger partial charge in [-0.1, -0.05) is 24.3 Å². The zero-order chi connectivity index (χ0) is 28.9. The van der Waals surface area contributed by atoms with E-state index in [1.807, 2.05) is 18.2 Å². The second kappa shape index (κ2) is 13.1. The summed E-state index contributed by atoms with van der Waals surface area (Å²) in [7, 11) is 1.62. The normalized spacial score (nSPS) is 21.3. The number of aryl methyl sites for hydroxylation is 2. The highest BCUT2D eigenvalue weighted by Gasteiger charge is 2.30. The quantitative estimate of drug-likeness (QED) is 0.357. The summed E-state index contributed by atoms with van der Waals surface area (Å²) in [5.41, 5.74) is 5.36. The number of hydrogen-bond acceptors (Lipinski definition) is 6. The fourth-order valence-corrected chi connectivity index (χ4v) is 6.63. The summed E-state index contributed by atoms with van der Waals surface area (Å²) < 4.78 is 11.6. The summed E-state index contributed by atoms with van der Waals surface area (Å²) in [6.07, 6.45) is 7.45. The highest BCUT2D eigenvalue weighted by molar-refractivity contribution is 6.01. The van der Waals surface area contributed by atoms with Crippen molar-refractivity contribution in [2.24, 2.45) is 11.8 Å². The molecule has 1 N–H and O–H groups in total. The summed E-state index contributed by atoms with van der Waals surface area (Å²) in [6, 6.07) is 13.1. The minimum absolute atomic E-state index is 0.144. The van der Waals surface area contributed by atoms with Crippen molar-refractivity contribution in [3.8, 4) is 11.5 Å². The molecule has 5 rings (SSSR count). The Balaban J connectivity index is 1.29. The number of imide groups is 1. The number of likely N-dealkylation sites (tertiary alicyclic amines) is 1. The number of benzene rings is 2. The van der Waals surface area contributed by atoms with Crippen molar-refractivity contribution < 1.29 is 29.0 Å². The van der Waals surface area contributed by atoms with Crippen LogP contribution in [0.3, 0.4) is 0 Å². The van der Waals surface area contributed by atoms with Crippen LogP contribution in [-0.4, -0.2) is 59.5 Å². The Bertz CT molecular complexity index is 1250. The molecule has 8 nitrogen and oxygen atoms in total. The molecule has 0 aromatic heterocycles. The third-order valence-corrected chi connectivity index (χ3v) is 9.18. The zero-order valence-corrected chi connectivity index (χ0v) is 24.3. The van der Waals surface area contributed by atoms with E-state index in [1.54, 1.807) is 7.11 Å². The monoisotopic (exact) mass is 562 g/mol. The first-order valence-electron chi connectivity index (χ1n) is 15.0. The Hall–Kier alpha value is -3.39. The number of carbonyl (C=O) groups excluding carboxylic acids is 2. The molecule has 41 heavy (non-hydrogen) atoms. The number of hydrogen-bond donors (Lipinski definition) is 1. The second-order valence-electron chi connectivity index (χ2n) is 11.8. The number of carbonyl (C=O) groups is 3. The van der Waals surface area contributed by atoms with Crippen LogP contribution in [0.4, 0.5) is 0 Å². The molecular weight excluding hydrogens is 520 g/mol. The average molecular weight is 563 g/mol. The van der Waals surface area contributed by atoms with Crippen molar-refractivity contribution in [3.05, 3.63) is 58.7 Å². The third kappa shape index (κ3) is 6.92. The van der Waals surface area contributed by atoms with E-state index in [2.05, 4.69) is 30.0 Å². The first-order valence-corrected chi connectivity index (χ1v) is 15.0. The molecule has 220 valence electrons. The van der Waals surface area contributed by atoms with Crippen LogP contribution in [0, 0.1) is 11.8 Å². The molecule has 1 aliphatic heterocycles. The van der Waals surface area contributed by atoms with Gasteiger partial charge in [0, 0.05) is 32.0 Å². The maximum absolute atomic E-state index is 11.9. The largest absolute Gasteiger partial charge is 0.493 e. The molecule has 8 heteroatoms. The van der Waals surface area contributed by atoms with Gasteiger partial charge >= 0.3 is 5.97 Å². The second-order valence-corrected chi connectivity index (χ2v) is 11.8. The lowest BCUT2D eigenvalue weighted by Crippen LogP contribution is -2.34. The molecule has 1 saturated heterocycles. The Morgan fingerprint density at radius 2 is 1.71 bits per heavy atom. The highest BCUT2D eigenvalue weighted by Crippen LogP contribution is 2.35. The van der Waals surface area contributed by atoms with Crippen molar-refractivity contribution in [1.29, 1.82) is 0 Å². The summed E-state index contributed by atoms with van der Waals surface area (Å²) in [5, 5.41) is 9.45. The molecule has 2 amide bonds. The first-order chi connectivity index (χ1) is 19.8. The lowest BCUT2D eigenvalue weighted by Gasteiger charge is -2.35. The van der Waals surface area contributed by atoms with Crippen LogP contribution >= 0.6 is 0 Å². The zero-order valence-electron chi connectivity index (χ0n) is 24.3. The van der Waals surface area contributed by atoms with Gasteiger partial charge in [-0.05, 0) is 92.2 Å². The molecule has 0 bridgehead atoms. The Morgan fingerprint density at radius 1 is 0.976 bits per heavy atom. The van der Waals surface area contributed by atoms with Gasteiger partial charge in [0.15, 0.2) is 11.5 Å². The Morgan fingerprint density at radius 3 is 2.41 bits per heavy atom. The summed E-state index contributed by atoms with van der Waals surface area (Å²) in [4.78, 5) is 39.1. The SMILES string of the molecule is COc1cc(CN(C[C@H]2CC[C@H](C(=O)O)CC2)C(C)c2ccc3c(c2)CCC3)ccc1OCCN1C(=O)CCC1=O. The van der Waals surface area contributed by atoms with E-state index in [9.17, 15) is 19.5 Å². The molecule has 0 radical (unpaired) electrons.